The molecular weight excluding hydrogens is 150 g/mol. The van der Waals surface area contributed by atoms with E-state index < -0.39 is 0 Å². The topological polar surface area (TPSA) is 18.8 Å². The second-order valence-corrected chi connectivity index (χ2v) is 3.36. The van der Waals surface area contributed by atoms with Crippen molar-refractivity contribution in [3.8, 4) is 0 Å². The molecular formula is C9H21N3. The Morgan fingerprint density at radius 3 is 2.17 bits per heavy atom. The summed E-state index contributed by atoms with van der Waals surface area (Å²) in [4.78, 5) is 8.28. The predicted octanol–water partition coefficient (Wildman–Crippen LogP) is 0.918. The van der Waals surface area contributed by atoms with Crippen LogP contribution >= 0.6 is 0 Å². The van der Waals surface area contributed by atoms with Crippen molar-refractivity contribution >= 4 is 6.34 Å². The van der Waals surface area contributed by atoms with Crippen LogP contribution in [-0.4, -0.2) is 57.4 Å². The van der Waals surface area contributed by atoms with Gasteiger partial charge in [-0.25, -0.2) is 0 Å². The molecule has 72 valence electrons. The van der Waals surface area contributed by atoms with Gasteiger partial charge in [-0.3, -0.25) is 4.99 Å². The Kier molecular flexibility index (Phi) is 6.76. The van der Waals surface area contributed by atoms with Crippen LogP contribution in [0.4, 0.5) is 0 Å². The van der Waals surface area contributed by atoms with Gasteiger partial charge in [-0.2, -0.15) is 0 Å². The van der Waals surface area contributed by atoms with Crippen molar-refractivity contribution in [2.24, 2.45) is 4.99 Å². The summed E-state index contributed by atoms with van der Waals surface area (Å²) < 4.78 is 0. The van der Waals surface area contributed by atoms with E-state index in [0.29, 0.717) is 0 Å². The lowest BCUT2D eigenvalue weighted by Gasteiger charge is -2.13. The molecule has 0 aliphatic carbocycles. The second-order valence-electron chi connectivity index (χ2n) is 3.36. The average molecular weight is 171 g/mol. The van der Waals surface area contributed by atoms with Gasteiger partial charge in [0.15, 0.2) is 0 Å². The molecule has 0 aromatic heterocycles. The minimum absolute atomic E-state index is 1.10. The van der Waals surface area contributed by atoms with Gasteiger partial charge in [0.1, 0.15) is 0 Å². The molecule has 0 aliphatic rings. The number of nitrogens with zero attached hydrogens (tertiary/aromatic N) is 3. The minimum atomic E-state index is 1.10. The highest BCUT2D eigenvalue weighted by Crippen LogP contribution is 1.92. The fourth-order valence-corrected chi connectivity index (χ4v) is 1.04. The van der Waals surface area contributed by atoms with Gasteiger partial charge < -0.3 is 9.80 Å². The molecule has 0 bridgehead atoms. The van der Waals surface area contributed by atoms with Gasteiger partial charge in [0, 0.05) is 20.6 Å². The quantitative estimate of drug-likeness (QED) is 0.336. The van der Waals surface area contributed by atoms with Crippen LogP contribution < -0.4 is 0 Å². The summed E-state index contributed by atoms with van der Waals surface area (Å²) in [6, 6.07) is 0. The normalized spacial score (nSPS) is 11.4. The van der Waals surface area contributed by atoms with E-state index in [0.717, 1.165) is 6.54 Å². The maximum Gasteiger partial charge on any atom is 0.0843 e. The maximum atomic E-state index is 3.94. The molecule has 0 aliphatic heterocycles. The van der Waals surface area contributed by atoms with E-state index in [4.69, 9.17) is 0 Å². The predicted molar refractivity (Wildman–Crippen MR) is 54.8 cm³/mol. The fourth-order valence-electron chi connectivity index (χ4n) is 1.04. The minimum Gasteiger partial charge on any atom is -0.366 e. The van der Waals surface area contributed by atoms with Crippen molar-refractivity contribution in [3.63, 3.8) is 0 Å². The van der Waals surface area contributed by atoms with Gasteiger partial charge >= 0.3 is 0 Å². The van der Waals surface area contributed by atoms with Crippen LogP contribution in [0.2, 0.25) is 0 Å². The molecule has 0 spiro atoms. The van der Waals surface area contributed by atoms with Crippen molar-refractivity contribution in [1.29, 1.82) is 0 Å². The first-order valence-electron chi connectivity index (χ1n) is 4.44. The van der Waals surface area contributed by atoms with Crippen LogP contribution in [0.25, 0.3) is 0 Å². The molecule has 3 nitrogen and oxygen atoms in total. The van der Waals surface area contributed by atoms with E-state index in [1.54, 1.807) is 7.05 Å². The number of hydrogen-bond donors (Lipinski definition) is 0. The molecule has 0 N–H and O–H groups in total. The third-order valence-corrected chi connectivity index (χ3v) is 1.68. The lowest BCUT2D eigenvalue weighted by atomic mass is 10.3. The van der Waals surface area contributed by atoms with Gasteiger partial charge in [0.05, 0.1) is 6.34 Å². The lowest BCUT2D eigenvalue weighted by Crippen LogP contribution is -2.19. The molecule has 12 heavy (non-hydrogen) atoms. The van der Waals surface area contributed by atoms with E-state index in [1.165, 1.54) is 19.4 Å². The van der Waals surface area contributed by atoms with E-state index in [1.807, 2.05) is 6.34 Å². The van der Waals surface area contributed by atoms with Crippen molar-refractivity contribution in [1.82, 2.24) is 9.80 Å². The molecule has 0 atom stereocenters. The average Bonchev–Trinajstić information content (AvgIpc) is 1.98. The molecule has 0 saturated heterocycles. The Hall–Kier alpha value is -0.570. The first kappa shape index (κ1) is 11.4. The summed E-state index contributed by atoms with van der Waals surface area (Å²) in [7, 11) is 8.08. The summed E-state index contributed by atoms with van der Waals surface area (Å²) >= 11 is 0. The summed E-state index contributed by atoms with van der Waals surface area (Å²) in [5.41, 5.74) is 0. The number of hydrogen-bond acceptors (Lipinski definition) is 2. The summed E-state index contributed by atoms with van der Waals surface area (Å²) in [6.07, 6.45) is 4.37. The van der Waals surface area contributed by atoms with Crippen LogP contribution in [0, 0.1) is 0 Å². The number of aliphatic imine (C=N–C) groups is 1. The monoisotopic (exact) mass is 171 g/mol. The van der Waals surface area contributed by atoms with Crippen LogP contribution in [0.5, 0.6) is 0 Å². The van der Waals surface area contributed by atoms with E-state index in [9.17, 15) is 0 Å². The van der Waals surface area contributed by atoms with E-state index in [2.05, 4.69) is 35.9 Å². The molecule has 0 fully saturated rings. The second kappa shape index (κ2) is 7.10. The molecule has 0 rings (SSSR count). The summed E-state index contributed by atoms with van der Waals surface area (Å²) in [5.74, 6) is 0. The molecule has 0 radical (unpaired) electrons. The largest absolute Gasteiger partial charge is 0.366 e. The smallest absolute Gasteiger partial charge is 0.0843 e. The SMILES string of the molecule is CN=CN(C)CCCCN(C)C. The molecule has 0 aromatic carbocycles. The van der Waals surface area contributed by atoms with Crippen molar-refractivity contribution in [2.45, 2.75) is 12.8 Å². The van der Waals surface area contributed by atoms with Crippen LogP contribution in [-0.2, 0) is 0 Å². The standard InChI is InChI=1S/C9H21N3/c1-10-9-12(4)8-6-5-7-11(2)3/h9H,5-8H2,1-4H3. The third kappa shape index (κ3) is 7.54. The van der Waals surface area contributed by atoms with Crippen molar-refractivity contribution in [3.05, 3.63) is 0 Å². The Balaban J connectivity index is 3.19. The van der Waals surface area contributed by atoms with E-state index in [-0.39, 0.29) is 0 Å². The number of rotatable bonds is 6. The van der Waals surface area contributed by atoms with E-state index >= 15 is 0 Å². The highest BCUT2D eigenvalue weighted by atomic mass is 15.1. The number of unbranched alkanes of at least 4 members (excludes halogenated alkanes) is 1. The molecule has 0 amide bonds. The molecule has 0 aromatic rings. The van der Waals surface area contributed by atoms with Crippen LogP contribution in [0.15, 0.2) is 4.99 Å². The molecule has 3 heteroatoms. The Morgan fingerprint density at radius 2 is 1.67 bits per heavy atom. The van der Waals surface area contributed by atoms with Crippen LogP contribution in [0.3, 0.4) is 0 Å². The first-order valence-corrected chi connectivity index (χ1v) is 4.44. The molecule has 0 unspecified atom stereocenters. The van der Waals surface area contributed by atoms with Gasteiger partial charge in [0.25, 0.3) is 0 Å². The Morgan fingerprint density at radius 1 is 1.08 bits per heavy atom. The lowest BCUT2D eigenvalue weighted by molar-refractivity contribution is 0.379. The molecule has 0 saturated carbocycles. The zero-order valence-corrected chi connectivity index (χ0v) is 8.75. The Labute approximate surface area is 76.1 Å². The fraction of sp³-hybridized carbons (Fsp3) is 0.889. The summed E-state index contributed by atoms with van der Waals surface area (Å²) in [6.45, 7) is 2.28. The van der Waals surface area contributed by atoms with Gasteiger partial charge in [-0.15, -0.1) is 0 Å². The zero-order valence-electron chi connectivity index (χ0n) is 8.75. The Bertz CT molecular complexity index is 121. The maximum absolute atomic E-state index is 3.94. The molecule has 0 heterocycles. The highest BCUT2D eigenvalue weighted by molar-refractivity contribution is 5.53. The van der Waals surface area contributed by atoms with Gasteiger partial charge in [0.2, 0.25) is 0 Å². The van der Waals surface area contributed by atoms with Crippen molar-refractivity contribution < 1.29 is 0 Å². The highest BCUT2D eigenvalue weighted by Gasteiger charge is 1.93. The van der Waals surface area contributed by atoms with Crippen LogP contribution in [0.1, 0.15) is 12.8 Å². The summed E-state index contributed by atoms with van der Waals surface area (Å²) in [5, 5.41) is 0. The first-order chi connectivity index (χ1) is 5.66. The van der Waals surface area contributed by atoms with Gasteiger partial charge in [-0.05, 0) is 33.5 Å². The zero-order chi connectivity index (χ0) is 9.40. The third-order valence-electron chi connectivity index (χ3n) is 1.68. The van der Waals surface area contributed by atoms with Crippen molar-refractivity contribution in [2.75, 3.05) is 41.3 Å². The van der Waals surface area contributed by atoms with Gasteiger partial charge in [-0.1, -0.05) is 0 Å².